The van der Waals surface area contributed by atoms with Crippen molar-refractivity contribution < 1.29 is 75.8 Å². The van der Waals surface area contributed by atoms with Crippen LogP contribution in [0.15, 0.2) is 97.2 Å². The van der Waals surface area contributed by atoms with Gasteiger partial charge in [0, 0.05) is 19.3 Å². The normalized spacial score (nSPS) is 14.9. The van der Waals surface area contributed by atoms with Crippen LogP contribution in [0.25, 0.3) is 0 Å². The lowest BCUT2D eigenvalue weighted by Crippen LogP contribution is -2.30. The maximum Gasteiger partial charge on any atom is 0.472 e. The Kier molecular flexibility index (Phi) is 60.1. The van der Waals surface area contributed by atoms with Gasteiger partial charge in [-0.25, -0.2) is 9.13 Å². The number of carbonyl (C=O) groups is 3. The summed E-state index contributed by atoms with van der Waals surface area (Å²) in [6, 6.07) is 0. The first-order valence-corrected chi connectivity index (χ1v) is 36.5. The molecule has 0 saturated carbocycles. The average molecular weight is 1270 g/mol. The van der Waals surface area contributed by atoms with E-state index in [2.05, 4.69) is 118 Å². The Hall–Kier alpha value is -3.53. The Morgan fingerprint density at radius 2 is 0.632 bits per heavy atom. The molecule has 87 heavy (non-hydrogen) atoms. The highest BCUT2D eigenvalue weighted by Gasteiger charge is 2.29. The van der Waals surface area contributed by atoms with Crippen molar-refractivity contribution in [3.05, 3.63) is 97.2 Å². The number of hydrogen-bond donors (Lipinski definition) is 4. The minimum atomic E-state index is -4.92. The van der Waals surface area contributed by atoms with E-state index >= 15 is 0 Å². The van der Waals surface area contributed by atoms with Crippen LogP contribution in [0.1, 0.15) is 265 Å². The van der Waals surface area contributed by atoms with Gasteiger partial charge in [0.2, 0.25) is 0 Å². The van der Waals surface area contributed by atoms with Crippen LogP contribution in [0.5, 0.6) is 0 Å². The molecule has 0 aliphatic carbocycles. The monoisotopic (exact) mass is 1270 g/mol. The van der Waals surface area contributed by atoms with Gasteiger partial charge in [0.25, 0.3) is 0 Å². The van der Waals surface area contributed by atoms with Crippen molar-refractivity contribution in [1.29, 1.82) is 0 Å². The third-order valence-corrected chi connectivity index (χ3v) is 15.7. The molecule has 0 saturated heterocycles. The minimum Gasteiger partial charge on any atom is -0.463 e. The quantitative estimate of drug-likeness (QED) is 0.0146. The highest BCUT2D eigenvalue weighted by molar-refractivity contribution is 7.47. The Morgan fingerprint density at radius 1 is 0.333 bits per heavy atom. The third-order valence-electron chi connectivity index (χ3n) is 13.8. The predicted molar refractivity (Wildman–Crippen MR) is 353 cm³/mol. The van der Waals surface area contributed by atoms with E-state index in [0.29, 0.717) is 19.3 Å². The molecule has 4 N–H and O–H groups in total. The Labute approximate surface area is 527 Å². The van der Waals surface area contributed by atoms with Gasteiger partial charge in [0.1, 0.15) is 25.4 Å². The number of allylic oxidation sites excluding steroid dienone is 16. The smallest absolute Gasteiger partial charge is 0.463 e. The molecule has 0 aromatic carbocycles. The summed E-state index contributed by atoms with van der Waals surface area (Å²) in [7, 11) is -9.78. The SMILES string of the molecule is CC/C=C\C/C=C\C/C=C\C/C=C\C/C=C\C/C=C\CCCCCCC(=O)OCC(O)COP(=O)(O)OCC(O)COP(=O)(O)OCC(COC(=O)CCCCCCCCCCCCCCCCC)OC(=O)CCCCCCC/C=C\C/C=C\CCC. The first-order valence-electron chi connectivity index (χ1n) is 33.5. The first-order chi connectivity index (χ1) is 42.2. The van der Waals surface area contributed by atoms with Crippen molar-refractivity contribution in [3.63, 3.8) is 0 Å². The number of aliphatic hydroxyl groups is 2. The van der Waals surface area contributed by atoms with Crippen molar-refractivity contribution in [2.75, 3.05) is 39.6 Å². The van der Waals surface area contributed by atoms with Gasteiger partial charge in [-0.15, -0.1) is 0 Å². The Balaban J connectivity index is 4.61. The standard InChI is InChI=1S/C69H120O16P2/c1-4-7-10-13-16-19-22-25-27-28-29-30-31-32-33-34-36-39-40-43-46-49-52-55-67(72)79-58-64(70)59-81-86(75,76)82-60-65(71)61-83-87(77,78)84-63-66(85-69(74)57-54-51-48-45-42-37-24-21-18-15-12-9-6-3)62-80-68(73)56-53-50-47-44-41-38-35-26-23-20-17-14-11-8-5-2/h7,10,12,15-16,19,21,24-25,27,29-30,32-33,36,39,64-66,70-71H,4-6,8-9,11,13-14,17-18,20,22-23,26,28,31,34-35,37-38,40-63H2,1-3H3,(H,75,76)(H,77,78)/b10-7-,15-12-,19-16-,24-21-,27-25-,30-29-,33-32-,39-36-. The zero-order chi connectivity index (χ0) is 63.8. The molecule has 0 heterocycles. The van der Waals surface area contributed by atoms with Crippen LogP contribution in [0.4, 0.5) is 0 Å². The lowest BCUT2D eigenvalue weighted by Gasteiger charge is -2.21. The number of hydrogen-bond acceptors (Lipinski definition) is 14. The molecule has 0 amide bonds. The van der Waals surface area contributed by atoms with E-state index in [4.69, 9.17) is 32.3 Å². The number of unbranched alkanes of at least 4 members (excludes halogenated alkanes) is 24. The van der Waals surface area contributed by atoms with E-state index in [1.807, 2.05) is 0 Å². The Morgan fingerprint density at radius 3 is 1.01 bits per heavy atom. The maximum atomic E-state index is 12.9. The van der Waals surface area contributed by atoms with Gasteiger partial charge in [0.05, 0.1) is 26.4 Å². The van der Waals surface area contributed by atoms with Gasteiger partial charge < -0.3 is 34.2 Å². The molecule has 16 nitrogen and oxygen atoms in total. The number of ether oxygens (including phenoxy) is 3. The number of phosphoric acid groups is 2. The average Bonchev–Trinajstić information content (AvgIpc) is 3.63. The molecule has 5 atom stereocenters. The summed E-state index contributed by atoms with van der Waals surface area (Å²) >= 11 is 0. The summed E-state index contributed by atoms with van der Waals surface area (Å²) in [5, 5.41) is 20.5. The summed E-state index contributed by atoms with van der Waals surface area (Å²) in [6.07, 6.45) is 67.5. The summed E-state index contributed by atoms with van der Waals surface area (Å²) in [6.45, 7) is 2.44. The molecule has 502 valence electrons. The number of phosphoric ester groups is 2. The van der Waals surface area contributed by atoms with Crippen molar-refractivity contribution >= 4 is 33.6 Å². The molecule has 0 aromatic heterocycles. The summed E-state index contributed by atoms with van der Waals surface area (Å²) in [5.41, 5.74) is 0. The largest absolute Gasteiger partial charge is 0.472 e. The van der Waals surface area contributed by atoms with E-state index in [1.54, 1.807) is 0 Å². The number of aliphatic hydroxyl groups excluding tert-OH is 2. The van der Waals surface area contributed by atoms with Gasteiger partial charge in [-0.3, -0.25) is 32.5 Å². The maximum absolute atomic E-state index is 12.9. The van der Waals surface area contributed by atoms with E-state index in [1.165, 1.54) is 70.6 Å². The number of carbonyl (C=O) groups excluding carboxylic acids is 3. The van der Waals surface area contributed by atoms with Crippen LogP contribution in [0, 0.1) is 0 Å². The highest BCUT2D eigenvalue weighted by Crippen LogP contribution is 2.45. The second-order valence-corrected chi connectivity index (χ2v) is 25.2. The molecular formula is C69H120O16P2. The molecule has 0 aromatic rings. The van der Waals surface area contributed by atoms with Crippen LogP contribution in [-0.4, -0.2) is 95.9 Å². The second kappa shape index (κ2) is 62.7. The van der Waals surface area contributed by atoms with Gasteiger partial charge in [-0.1, -0.05) is 246 Å². The van der Waals surface area contributed by atoms with Crippen LogP contribution in [-0.2, 0) is 55.8 Å². The van der Waals surface area contributed by atoms with Crippen molar-refractivity contribution in [1.82, 2.24) is 0 Å². The van der Waals surface area contributed by atoms with Gasteiger partial charge in [-0.05, 0) is 96.3 Å². The van der Waals surface area contributed by atoms with Gasteiger partial charge in [-0.2, -0.15) is 0 Å². The number of rotatable bonds is 63. The van der Waals surface area contributed by atoms with Gasteiger partial charge >= 0.3 is 33.6 Å². The molecule has 5 unspecified atom stereocenters. The molecule has 0 aliphatic rings. The molecule has 0 bridgehead atoms. The van der Waals surface area contributed by atoms with Crippen LogP contribution >= 0.6 is 15.6 Å². The molecule has 0 spiro atoms. The van der Waals surface area contributed by atoms with Crippen molar-refractivity contribution in [2.24, 2.45) is 0 Å². The fraction of sp³-hybridized carbons (Fsp3) is 0.725. The fourth-order valence-corrected chi connectivity index (χ4v) is 10.3. The minimum absolute atomic E-state index is 0.0893. The lowest BCUT2D eigenvalue weighted by atomic mass is 10.0. The zero-order valence-corrected chi connectivity index (χ0v) is 56.0. The van der Waals surface area contributed by atoms with Crippen LogP contribution in [0.3, 0.4) is 0 Å². The van der Waals surface area contributed by atoms with Crippen LogP contribution in [0.2, 0.25) is 0 Å². The predicted octanol–water partition coefficient (Wildman–Crippen LogP) is 18.3. The molecule has 0 rings (SSSR count). The topological polar surface area (TPSA) is 231 Å². The zero-order valence-electron chi connectivity index (χ0n) is 54.2. The molecule has 0 aliphatic heterocycles. The molecule has 18 heteroatoms. The summed E-state index contributed by atoms with van der Waals surface area (Å²) < 4.78 is 60.8. The summed E-state index contributed by atoms with van der Waals surface area (Å²) in [5.74, 6) is -1.61. The molecule has 0 radical (unpaired) electrons. The third kappa shape index (κ3) is 63.8. The highest BCUT2D eigenvalue weighted by atomic mass is 31.2. The fourth-order valence-electron chi connectivity index (χ4n) is 8.67. The van der Waals surface area contributed by atoms with E-state index < -0.39 is 91.5 Å². The molecule has 0 fully saturated rings. The summed E-state index contributed by atoms with van der Waals surface area (Å²) in [4.78, 5) is 58.3. The Bertz CT molecular complexity index is 1980. The van der Waals surface area contributed by atoms with Crippen LogP contribution < -0.4 is 0 Å². The molecular weight excluding hydrogens is 1150 g/mol. The second-order valence-electron chi connectivity index (χ2n) is 22.2. The lowest BCUT2D eigenvalue weighted by molar-refractivity contribution is -0.161. The van der Waals surface area contributed by atoms with Crippen molar-refractivity contribution in [3.8, 4) is 0 Å². The van der Waals surface area contributed by atoms with Crippen molar-refractivity contribution in [2.45, 2.75) is 283 Å². The van der Waals surface area contributed by atoms with E-state index in [9.17, 15) is 43.5 Å². The first kappa shape index (κ1) is 83.5. The van der Waals surface area contributed by atoms with Gasteiger partial charge in [0.15, 0.2) is 6.10 Å². The van der Waals surface area contributed by atoms with E-state index in [0.717, 1.165) is 135 Å². The number of esters is 3. The van der Waals surface area contributed by atoms with E-state index in [-0.39, 0.29) is 19.3 Å².